The minimum absolute atomic E-state index is 0.267. The Morgan fingerprint density at radius 1 is 1.19 bits per heavy atom. The summed E-state index contributed by atoms with van der Waals surface area (Å²) in [5.41, 5.74) is -1.56. The second kappa shape index (κ2) is 6.43. The number of hydrazine groups is 1. The van der Waals surface area contributed by atoms with Gasteiger partial charge in [0.2, 0.25) is 5.72 Å². The van der Waals surface area contributed by atoms with E-state index in [9.17, 15) is 35.5 Å². The molecule has 0 unspecified atom stereocenters. The molecule has 0 saturated carbocycles. The van der Waals surface area contributed by atoms with Crippen molar-refractivity contribution < 1.29 is 40.4 Å². The summed E-state index contributed by atoms with van der Waals surface area (Å²) in [6.45, 7) is 2.41. The van der Waals surface area contributed by atoms with E-state index in [1.807, 2.05) is 0 Å². The minimum atomic E-state index is -5.31. The molecule has 150 valence electrons. The maximum atomic E-state index is 13.4. The summed E-state index contributed by atoms with van der Waals surface area (Å²) in [6, 6.07) is 3.51. The van der Waals surface area contributed by atoms with E-state index in [-0.39, 0.29) is 5.56 Å². The number of carbonyl (C=O) groups is 1. The normalized spacial score (nSPS) is 17.4. The van der Waals surface area contributed by atoms with Crippen LogP contribution < -0.4 is 5.43 Å². The van der Waals surface area contributed by atoms with Gasteiger partial charge in [-0.05, 0) is 37.6 Å². The number of hydrogen-bond acceptors (Lipinski definition) is 4. The van der Waals surface area contributed by atoms with Gasteiger partial charge in [-0.2, -0.15) is 30.7 Å². The molecular weight excluding hydrogens is 411 g/mol. The molecule has 0 fully saturated rings. The third kappa shape index (κ3) is 4.04. The molecule has 13 heteroatoms. The molecule has 1 N–H and O–H groups in total. The van der Waals surface area contributed by atoms with Crippen molar-refractivity contribution in [1.82, 2.24) is 10.4 Å². The zero-order valence-electron chi connectivity index (χ0n) is 13.5. The molecule has 5 nitrogen and oxygen atoms in total. The van der Waals surface area contributed by atoms with Gasteiger partial charge in [-0.25, -0.2) is 5.01 Å². The molecule has 27 heavy (non-hydrogen) atoms. The minimum Gasteiger partial charge on any atom is -0.364 e. The molecule has 0 atom stereocenters. The molecule has 2 rings (SSSR count). The average Bonchev–Trinajstić information content (AvgIpc) is 2.80. The summed E-state index contributed by atoms with van der Waals surface area (Å²) in [5.74, 6) is -8.32. The Morgan fingerprint density at radius 2 is 1.78 bits per heavy atom. The van der Waals surface area contributed by atoms with Crippen molar-refractivity contribution in [3.63, 3.8) is 0 Å². The number of alkyl halides is 8. The second-order valence-electron chi connectivity index (χ2n) is 5.88. The van der Waals surface area contributed by atoms with Crippen LogP contribution in [0, 0.1) is 0 Å². The lowest BCUT2D eigenvalue weighted by atomic mass is 10.1. The summed E-state index contributed by atoms with van der Waals surface area (Å²) in [7, 11) is 0. The quantitative estimate of drug-likeness (QED) is 0.592. The van der Waals surface area contributed by atoms with Crippen LogP contribution in [0.25, 0.3) is 0 Å². The molecule has 0 bridgehead atoms. The molecule has 1 aromatic rings. The number of amides is 1. The predicted molar refractivity (Wildman–Crippen MR) is 78.9 cm³/mol. The number of amidine groups is 1. The first-order valence-electron chi connectivity index (χ1n) is 7.07. The Kier molecular flexibility index (Phi) is 5.01. The Balaban J connectivity index is 2.38. The first-order chi connectivity index (χ1) is 12.1. The number of nitrogens with zero attached hydrogens (tertiary/aromatic N) is 2. The molecular formula is C14H11ClF7N3O2. The molecule has 1 aliphatic heterocycles. The lowest BCUT2D eigenvalue weighted by molar-refractivity contribution is -0.189. The van der Waals surface area contributed by atoms with Crippen LogP contribution in [0.1, 0.15) is 25.0 Å². The topological polar surface area (TPSA) is 53.9 Å². The zero-order chi connectivity index (χ0) is 20.8. The molecule has 1 heterocycles. The molecule has 0 aromatic heterocycles. The molecule has 0 radical (unpaired) electrons. The van der Waals surface area contributed by atoms with Crippen LogP contribution in [-0.4, -0.2) is 33.8 Å². The highest BCUT2D eigenvalue weighted by Crippen LogP contribution is 2.38. The maximum absolute atomic E-state index is 13.4. The fourth-order valence-electron chi connectivity index (χ4n) is 2.00. The average molecular weight is 422 g/mol. The van der Waals surface area contributed by atoms with Crippen LogP contribution in [0.15, 0.2) is 29.4 Å². The molecule has 0 spiro atoms. The van der Waals surface area contributed by atoms with Gasteiger partial charge in [0.25, 0.3) is 0 Å². The maximum Gasteiger partial charge on any atom is 0.416 e. The van der Waals surface area contributed by atoms with Gasteiger partial charge in [0, 0.05) is 5.56 Å². The van der Waals surface area contributed by atoms with Crippen molar-refractivity contribution in [2.75, 3.05) is 0 Å². The van der Waals surface area contributed by atoms with Crippen molar-refractivity contribution in [2.45, 2.75) is 37.1 Å². The largest absolute Gasteiger partial charge is 0.416 e. The first kappa shape index (κ1) is 21.1. The van der Waals surface area contributed by atoms with E-state index in [2.05, 4.69) is 16.8 Å². The van der Waals surface area contributed by atoms with Crippen LogP contribution in [0.4, 0.5) is 30.7 Å². The third-order valence-electron chi connectivity index (χ3n) is 3.41. The standard InChI is InChI=1S/C14H11ClF7N3O2/c1-11(2)25(23-10(26)12(16,17)14(15,21)22)9(24-27-11)7-4-3-5-8(6-7)13(18,19)20/h3-6H,1-2H3,(H,23,26). The van der Waals surface area contributed by atoms with Crippen molar-refractivity contribution in [3.8, 4) is 0 Å². The Morgan fingerprint density at radius 3 is 2.30 bits per heavy atom. The summed E-state index contributed by atoms with van der Waals surface area (Å²) >= 11 is 4.25. The molecule has 1 aliphatic rings. The third-order valence-corrected chi connectivity index (χ3v) is 3.65. The summed E-state index contributed by atoms with van der Waals surface area (Å²) in [4.78, 5) is 16.5. The Bertz CT molecular complexity index is 775. The fourth-order valence-corrected chi connectivity index (χ4v) is 2.08. The highest BCUT2D eigenvalue weighted by atomic mass is 35.5. The van der Waals surface area contributed by atoms with Gasteiger partial charge in [0.1, 0.15) is 0 Å². The molecule has 1 aromatic carbocycles. The number of carbonyl (C=O) groups excluding carboxylic acids is 1. The van der Waals surface area contributed by atoms with Gasteiger partial charge < -0.3 is 4.84 Å². The van der Waals surface area contributed by atoms with E-state index in [0.29, 0.717) is 11.1 Å². The van der Waals surface area contributed by atoms with E-state index < -0.39 is 40.5 Å². The smallest absolute Gasteiger partial charge is 0.364 e. The van der Waals surface area contributed by atoms with E-state index in [1.165, 1.54) is 19.3 Å². The molecule has 0 aliphatic carbocycles. The van der Waals surface area contributed by atoms with E-state index in [1.54, 1.807) is 0 Å². The van der Waals surface area contributed by atoms with Gasteiger partial charge >= 0.3 is 23.4 Å². The number of benzene rings is 1. The first-order valence-corrected chi connectivity index (χ1v) is 7.45. The number of oxime groups is 1. The number of halogens is 8. The number of nitrogens with one attached hydrogen (secondary N) is 1. The highest BCUT2D eigenvalue weighted by Gasteiger charge is 2.62. The van der Waals surface area contributed by atoms with Gasteiger partial charge in [0.05, 0.1) is 5.56 Å². The summed E-state index contributed by atoms with van der Waals surface area (Å²) in [6.07, 6.45) is -4.71. The van der Waals surface area contributed by atoms with Crippen LogP contribution in [0.5, 0.6) is 0 Å². The molecule has 1 amide bonds. The predicted octanol–water partition coefficient (Wildman–Crippen LogP) is 3.93. The number of hydrogen-bond donors (Lipinski definition) is 1. The van der Waals surface area contributed by atoms with E-state index >= 15 is 0 Å². The lowest BCUT2D eigenvalue weighted by Gasteiger charge is -2.32. The van der Waals surface area contributed by atoms with Crippen molar-refractivity contribution in [2.24, 2.45) is 5.16 Å². The summed E-state index contributed by atoms with van der Waals surface area (Å²) in [5, 5.41) is -1.24. The van der Waals surface area contributed by atoms with Crippen molar-refractivity contribution in [1.29, 1.82) is 0 Å². The van der Waals surface area contributed by atoms with Crippen LogP contribution in [0.3, 0.4) is 0 Å². The van der Waals surface area contributed by atoms with E-state index in [0.717, 1.165) is 18.2 Å². The fraction of sp³-hybridized carbons (Fsp3) is 0.429. The van der Waals surface area contributed by atoms with Crippen molar-refractivity contribution >= 4 is 23.3 Å². The van der Waals surface area contributed by atoms with E-state index in [4.69, 9.17) is 4.84 Å². The SMILES string of the molecule is CC1(C)ON=C(c2cccc(C(F)(F)F)c2)N1NC(=O)C(F)(F)C(F)(F)Cl. The van der Waals surface area contributed by atoms with Crippen LogP contribution >= 0.6 is 11.6 Å². The van der Waals surface area contributed by atoms with Gasteiger partial charge in [-0.15, -0.1) is 0 Å². The van der Waals surface area contributed by atoms with Gasteiger partial charge in [0.15, 0.2) is 5.84 Å². The monoisotopic (exact) mass is 421 g/mol. The van der Waals surface area contributed by atoms with Crippen molar-refractivity contribution in [3.05, 3.63) is 35.4 Å². The van der Waals surface area contributed by atoms with Crippen LogP contribution in [-0.2, 0) is 15.8 Å². The lowest BCUT2D eigenvalue weighted by Crippen LogP contribution is -2.60. The molecule has 0 saturated heterocycles. The Labute approximate surface area is 152 Å². The highest BCUT2D eigenvalue weighted by molar-refractivity contribution is 6.24. The summed E-state index contributed by atoms with van der Waals surface area (Å²) < 4.78 is 91.0. The van der Waals surface area contributed by atoms with Gasteiger partial charge in [-0.1, -0.05) is 17.3 Å². The number of rotatable bonds is 4. The Hall–Kier alpha value is -2.24. The van der Waals surface area contributed by atoms with Gasteiger partial charge in [-0.3, -0.25) is 10.2 Å². The second-order valence-corrected chi connectivity index (χ2v) is 6.35. The van der Waals surface area contributed by atoms with Crippen LogP contribution in [0.2, 0.25) is 0 Å². The zero-order valence-corrected chi connectivity index (χ0v) is 14.3.